The van der Waals surface area contributed by atoms with Crippen LogP contribution in [0.3, 0.4) is 0 Å². The van der Waals surface area contributed by atoms with E-state index in [1.807, 2.05) is 53.3 Å². The van der Waals surface area contributed by atoms with Crippen molar-refractivity contribution in [1.82, 2.24) is 19.8 Å². The predicted molar refractivity (Wildman–Crippen MR) is 113 cm³/mol. The Balaban J connectivity index is 1.57. The van der Waals surface area contributed by atoms with Crippen LogP contribution in [0.25, 0.3) is 11.0 Å². The summed E-state index contributed by atoms with van der Waals surface area (Å²) in [5, 5.41) is 5.22. The molecule has 29 heavy (non-hydrogen) atoms. The Morgan fingerprint density at radius 2 is 2.03 bits per heavy atom. The van der Waals surface area contributed by atoms with Crippen molar-refractivity contribution in [3.8, 4) is 0 Å². The molecule has 0 spiro atoms. The lowest BCUT2D eigenvalue weighted by atomic mass is 9.94. The standard InChI is InChI=1S/C22H24N4O2S/c1-22(21(28)23-15-7-2-3-8-15)14-25-18-11-5-4-10-17(18)24-19(25)20(27)26(22)13-16-9-6-12-29-16/h4-6,9-12,15H,2-3,7-8,13-14H2,1H3,(H,23,28)/t22-/m0/s1. The highest BCUT2D eigenvalue weighted by Gasteiger charge is 2.49. The number of benzene rings is 1. The van der Waals surface area contributed by atoms with Crippen molar-refractivity contribution >= 4 is 34.2 Å². The van der Waals surface area contributed by atoms with Crippen LogP contribution in [0.1, 0.15) is 48.1 Å². The number of amides is 2. The van der Waals surface area contributed by atoms with Crippen LogP contribution >= 0.6 is 11.3 Å². The lowest BCUT2D eigenvalue weighted by Gasteiger charge is -2.43. The van der Waals surface area contributed by atoms with Gasteiger partial charge in [0, 0.05) is 10.9 Å². The van der Waals surface area contributed by atoms with Gasteiger partial charge in [-0.2, -0.15) is 0 Å². The molecule has 1 aromatic carbocycles. The van der Waals surface area contributed by atoms with Gasteiger partial charge in [0.1, 0.15) is 5.54 Å². The summed E-state index contributed by atoms with van der Waals surface area (Å²) in [4.78, 5) is 34.4. The number of hydrogen-bond acceptors (Lipinski definition) is 4. The number of aromatic nitrogens is 2. The summed E-state index contributed by atoms with van der Waals surface area (Å²) in [6, 6.07) is 11.9. The minimum absolute atomic E-state index is 0.0715. The van der Waals surface area contributed by atoms with Crippen LogP contribution in [-0.4, -0.2) is 37.8 Å². The fourth-order valence-corrected chi connectivity index (χ4v) is 5.24. The van der Waals surface area contributed by atoms with Gasteiger partial charge in [-0.25, -0.2) is 4.98 Å². The molecule has 5 rings (SSSR count). The first-order valence-electron chi connectivity index (χ1n) is 10.2. The zero-order valence-corrected chi connectivity index (χ0v) is 17.2. The van der Waals surface area contributed by atoms with Crippen molar-refractivity contribution in [2.24, 2.45) is 0 Å². The van der Waals surface area contributed by atoms with E-state index in [9.17, 15) is 9.59 Å². The Hall–Kier alpha value is -2.67. The maximum atomic E-state index is 13.5. The van der Waals surface area contributed by atoms with Crippen LogP contribution in [0.15, 0.2) is 41.8 Å². The van der Waals surface area contributed by atoms with Crippen LogP contribution in [0.2, 0.25) is 0 Å². The van der Waals surface area contributed by atoms with Gasteiger partial charge in [0.25, 0.3) is 5.91 Å². The van der Waals surface area contributed by atoms with Crippen LogP contribution < -0.4 is 5.32 Å². The molecule has 150 valence electrons. The number of thiophene rings is 1. The highest BCUT2D eigenvalue weighted by atomic mass is 32.1. The van der Waals surface area contributed by atoms with E-state index in [2.05, 4.69) is 10.3 Å². The summed E-state index contributed by atoms with van der Waals surface area (Å²) in [7, 11) is 0. The second-order valence-electron chi connectivity index (χ2n) is 8.21. The maximum Gasteiger partial charge on any atom is 0.291 e. The Labute approximate surface area is 173 Å². The quantitative estimate of drug-likeness (QED) is 0.718. The zero-order chi connectivity index (χ0) is 20.0. The number of hydrogen-bond donors (Lipinski definition) is 1. The van der Waals surface area contributed by atoms with Crippen LogP contribution in [-0.2, 0) is 17.9 Å². The van der Waals surface area contributed by atoms with Crippen molar-refractivity contribution in [2.45, 2.75) is 57.3 Å². The lowest BCUT2D eigenvalue weighted by molar-refractivity contribution is -0.133. The summed E-state index contributed by atoms with van der Waals surface area (Å²) >= 11 is 1.60. The van der Waals surface area contributed by atoms with Gasteiger partial charge in [-0.15, -0.1) is 11.3 Å². The van der Waals surface area contributed by atoms with E-state index in [1.54, 1.807) is 16.2 Å². The lowest BCUT2D eigenvalue weighted by Crippen LogP contribution is -2.64. The molecule has 3 heterocycles. The normalized spacial score (nSPS) is 22.2. The molecule has 7 heteroatoms. The number of fused-ring (bicyclic) bond motifs is 3. The minimum Gasteiger partial charge on any atom is -0.351 e. The van der Waals surface area contributed by atoms with Gasteiger partial charge in [0.15, 0.2) is 5.82 Å². The molecule has 2 aliphatic rings. The summed E-state index contributed by atoms with van der Waals surface area (Å²) in [5.74, 6) is 0.150. The number of para-hydroxylation sites is 2. The Morgan fingerprint density at radius 3 is 2.79 bits per heavy atom. The second kappa shape index (κ2) is 6.99. The van der Waals surface area contributed by atoms with E-state index in [1.165, 1.54) is 0 Å². The molecule has 1 N–H and O–H groups in total. The fourth-order valence-electron chi connectivity index (χ4n) is 4.55. The van der Waals surface area contributed by atoms with Gasteiger partial charge in [0.2, 0.25) is 5.91 Å². The molecule has 3 aromatic rings. The summed E-state index contributed by atoms with van der Waals surface area (Å²) < 4.78 is 1.91. The SMILES string of the molecule is C[C@@]1(C(=O)NC2CCCC2)Cn2c(nc3ccccc32)C(=O)N1Cc1cccs1. The molecule has 0 bridgehead atoms. The first kappa shape index (κ1) is 18.4. The smallest absolute Gasteiger partial charge is 0.291 e. The number of rotatable bonds is 4. The molecule has 2 aromatic heterocycles. The summed E-state index contributed by atoms with van der Waals surface area (Å²) in [6.07, 6.45) is 4.32. The maximum absolute atomic E-state index is 13.5. The molecule has 1 fully saturated rings. The molecule has 6 nitrogen and oxygen atoms in total. The molecule has 1 atom stereocenters. The average molecular weight is 409 g/mol. The van der Waals surface area contributed by atoms with E-state index in [4.69, 9.17) is 0 Å². The molecule has 0 saturated heterocycles. The van der Waals surface area contributed by atoms with Crippen LogP contribution in [0.5, 0.6) is 0 Å². The third kappa shape index (κ3) is 3.04. The van der Waals surface area contributed by atoms with E-state index in [0.717, 1.165) is 41.6 Å². The molecule has 1 saturated carbocycles. The molecule has 1 aliphatic carbocycles. The molecule has 0 unspecified atom stereocenters. The topological polar surface area (TPSA) is 67.2 Å². The summed E-state index contributed by atoms with van der Waals surface area (Å²) in [6.45, 7) is 2.70. The van der Waals surface area contributed by atoms with Crippen molar-refractivity contribution in [3.63, 3.8) is 0 Å². The number of nitrogens with zero attached hydrogens (tertiary/aromatic N) is 3. The van der Waals surface area contributed by atoms with Gasteiger partial charge in [-0.05, 0) is 43.3 Å². The van der Waals surface area contributed by atoms with Crippen molar-refractivity contribution in [2.75, 3.05) is 0 Å². The molecular weight excluding hydrogens is 384 g/mol. The fraction of sp³-hybridized carbons (Fsp3) is 0.409. The van der Waals surface area contributed by atoms with Crippen molar-refractivity contribution in [1.29, 1.82) is 0 Å². The number of nitrogens with one attached hydrogen (secondary N) is 1. The van der Waals surface area contributed by atoms with E-state index in [-0.39, 0.29) is 17.9 Å². The van der Waals surface area contributed by atoms with Crippen molar-refractivity contribution < 1.29 is 9.59 Å². The van der Waals surface area contributed by atoms with Gasteiger partial charge in [-0.3, -0.25) is 9.59 Å². The highest BCUT2D eigenvalue weighted by molar-refractivity contribution is 7.09. The third-order valence-corrected chi connectivity index (χ3v) is 7.09. The van der Waals surface area contributed by atoms with E-state index < -0.39 is 5.54 Å². The molecule has 2 amide bonds. The Kier molecular flexibility index (Phi) is 4.42. The minimum atomic E-state index is -0.972. The average Bonchev–Trinajstić information content (AvgIpc) is 3.47. The highest BCUT2D eigenvalue weighted by Crippen LogP contribution is 2.33. The van der Waals surface area contributed by atoms with E-state index in [0.29, 0.717) is 18.9 Å². The third-order valence-electron chi connectivity index (χ3n) is 6.23. The Morgan fingerprint density at radius 1 is 1.24 bits per heavy atom. The van der Waals surface area contributed by atoms with Gasteiger partial charge >= 0.3 is 0 Å². The van der Waals surface area contributed by atoms with Gasteiger partial charge in [0.05, 0.1) is 24.1 Å². The second-order valence-corrected chi connectivity index (χ2v) is 9.24. The first-order chi connectivity index (χ1) is 14.1. The molecule has 0 radical (unpaired) electrons. The van der Waals surface area contributed by atoms with Gasteiger partial charge in [-0.1, -0.05) is 31.0 Å². The van der Waals surface area contributed by atoms with E-state index >= 15 is 0 Å². The van der Waals surface area contributed by atoms with Crippen molar-refractivity contribution in [3.05, 3.63) is 52.5 Å². The molecular formula is C22H24N4O2S. The first-order valence-corrected chi connectivity index (χ1v) is 11.0. The summed E-state index contributed by atoms with van der Waals surface area (Å²) in [5.41, 5.74) is 0.707. The van der Waals surface area contributed by atoms with Gasteiger partial charge < -0.3 is 14.8 Å². The molecule has 1 aliphatic heterocycles. The monoisotopic (exact) mass is 408 g/mol. The predicted octanol–water partition coefficient (Wildman–Crippen LogP) is 3.57. The Bertz CT molecular complexity index is 1070. The number of carbonyl (C=O) groups excluding carboxylic acids is 2. The zero-order valence-electron chi connectivity index (χ0n) is 16.4. The largest absolute Gasteiger partial charge is 0.351 e. The van der Waals surface area contributed by atoms with Crippen LogP contribution in [0.4, 0.5) is 0 Å². The number of imidazole rings is 1. The number of carbonyl (C=O) groups is 2. The van der Waals surface area contributed by atoms with Crippen LogP contribution in [0, 0.1) is 0 Å².